The van der Waals surface area contributed by atoms with Gasteiger partial charge in [-0.05, 0) is 32.9 Å². The van der Waals surface area contributed by atoms with E-state index in [0.29, 0.717) is 50.1 Å². The second-order valence-corrected chi connectivity index (χ2v) is 8.37. The van der Waals surface area contributed by atoms with E-state index in [2.05, 4.69) is 25.4 Å². The van der Waals surface area contributed by atoms with E-state index in [9.17, 15) is 4.79 Å². The largest absolute Gasteiger partial charge is 0.368 e. The first-order valence-electron chi connectivity index (χ1n) is 9.84. The average molecular weight is 429 g/mol. The number of amides is 1. The lowest BCUT2D eigenvalue weighted by Gasteiger charge is -2.32. The second-order valence-electron chi connectivity index (χ2n) is 7.17. The van der Waals surface area contributed by atoms with Crippen LogP contribution in [-0.4, -0.2) is 50.6 Å². The van der Waals surface area contributed by atoms with Crippen LogP contribution in [-0.2, 0) is 16.0 Å². The molecule has 10 heteroatoms. The van der Waals surface area contributed by atoms with E-state index in [-0.39, 0.29) is 12.0 Å². The third kappa shape index (κ3) is 4.82. The van der Waals surface area contributed by atoms with Gasteiger partial charge in [0, 0.05) is 24.3 Å². The molecule has 3 aromatic rings. The molecule has 0 aliphatic carbocycles. The molecule has 1 amide bonds. The number of carbonyl (C=O) groups is 1. The molecular formula is C20H24N6O3S. The molecule has 0 aromatic carbocycles. The van der Waals surface area contributed by atoms with Gasteiger partial charge in [-0.3, -0.25) is 4.79 Å². The molecule has 4 rings (SSSR count). The Bertz CT molecular complexity index is 1010. The Hall–Kier alpha value is -2.85. The summed E-state index contributed by atoms with van der Waals surface area (Å²) in [6.07, 6.45) is 0.493. The van der Waals surface area contributed by atoms with Crippen molar-refractivity contribution >= 4 is 28.2 Å². The first-order chi connectivity index (χ1) is 14.5. The molecule has 0 bridgehead atoms. The van der Waals surface area contributed by atoms with Crippen LogP contribution in [0.3, 0.4) is 0 Å². The Morgan fingerprint density at radius 1 is 1.27 bits per heavy atom. The summed E-state index contributed by atoms with van der Waals surface area (Å²) < 4.78 is 11.0. The third-order valence-corrected chi connectivity index (χ3v) is 5.89. The number of aromatic nitrogens is 4. The van der Waals surface area contributed by atoms with E-state index >= 15 is 0 Å². The number of nitrogens with zero attached hydrogens (tertiary/aromatic N) is 5. The van der Waals surface area contributed by atoms with Crippen LogP contribution in [0, 0.1) is 20.8 Å². The van der Waals surface area contributed by atoms with Crippen molar-refractivity contribution in [1.82, 2.24) is 25.0 Å². The number of nitrogens with one attached hydrogen (secondary N) is 1. The molecule has 158 valence electrons. The number of aryl methyl sites for hydroxylation is 4. The number of rotatable bonds is 6. The smallest absolute Gasteiger partial charge is 0.227 e. The molecule has 0 radical (unpaired) electrons. The highest BCUT2D eigenvalue weighted by Gasteiger charge is 2.26. The lowest BCUT2D eigenvalue weighted by Crippen LogP contribution is -2.42. The molecule has 3 aromatic heterocycles. The Balaban J connectivity index is 1.38. The zero-order valence-electron chi connectivity index (χ0n) is 17.2. The number of anilines is 2. The summed E-state index contributed by atoms with van der Waals surface area (Å²) in [7, 11) is 0. The van der Waals surface area contributed by atoms with Crippen molar-refractivity contribution in [2.45, 2.75) is 39.7 Å². The fourth-order valence-corrected chi connectivity index (χ4v) is 4.03. The number of morpholine rings is 1. The quantitative estimate of drug-likeness (QED) is 0.638. The van der Waals surface area contributed by atoms with Crippen LogP contribution in [0.5, 0.6) is 0 Å². The lowest BCUT2D eigenvalue weighted by molar-refractivity contribution is -0.139. The fraction of sp³-hybridized carbons (Fsp3) is 0.450. The summed E-state index contributed by atoms with van der Waals surface area (Å²) in [6, 6.07) is 5.75. The molecule has 9 nitrogen and oxygen atoms in total. The van der Waals surface area contributed by atoms with E-state index in [1.54, 1.807) is 18.3 Å². The Morgan fingerprint density at radius 3 is 2.87 bits per heavy atom. The van der Waals surface area contributed by atoms with Gasteiger partial charge in [0.1, 0.15) is 11.9 Å². The van der Waals surface area contributed by atoms with Gasteiger partial charge in [0.25, 0.3) is 0 Å². The lowest BCUT2D eigenvalue weighted by atomic mass is 10.1. The van der Waals surface area contributed by atoms with E-state index in [4.69, 9.17) is 9.26 Å². The van der Waals surface area contributed by atoms with Gasteiger partial charge in [-0.25, -0.2) is 9.97 Å². The van der Waals surface area contributed by atoms with Gasteiger partial charge in [-0.15, -0.1) is 11.3 Å². The average Bonchev–Trinajstić information content (AvgIpc) is 3.30. The minimum absolute atomic E-state index is 0.0437. The summed E-state index contributed by atoms with van der Waals surface area (Å²) in [4.78, 5) is 28.9. The van der Waals surface area contributed by atoms with Crippen molar-refractivity contribution in [3.8, 4) is 0 Å². The molecule has 1 saturated heterocycles. The SMILES string of the molecule is Cc1noc(CCC(=O)N2CCO[C@@H](c3cccc(Nc4nc(C)c(C)s4)n3)C2)n1. The van der Waals surface area contributed by atoms with Gasteiger partial charge < -0.3 is 19.5 Å². The normalized spacial score (nSPS) is 16.6. The number of pyridine rings is 1. The van der Waals surface area contributed by atoms with Crippen LogP contribution in [0.25, 0.3) is 0 Å². The second kappa shape index (κ2) is 8.88. The van der Waals surface area contributed by atoms with Gasteiger partial charge in [0.15, 0.2) is 11.0 Å². The Kier molecular flexibility index (Phi) is 6.05. The predicted molar refractivity (Wildman–Crippen MR) is 112 cm³/mol. The molecule has 0 unspecified atom stereocenters. The fourth-order valence-electron chi connectivity index (χ4n) is 3.20. The van der Waals surface area contributed by atoms with Gasteiger partial charge in [-0.2, -0.15) is 4.98 Å². The van der Waals surface area contributed by atoms with Crippen LogP contribution in [0.1, 0.15) is 40.5 Å². The minimum Gasteiger partial charge on any atom is -0.368 e. The van der Waals surface area contributed by atoms with E-state index in [0.717, 1.165) is 16.5 Å². The van der Waals surface area contributed by atoms with Crippen molar-refractivity contribution in [3.05, 3.63) is 46.2 Å². The first kappa shape index (κ1) is 20.4. The van der Waals surface area contributed by atoms with Crippen LogP contribution >= 0.6 is 11.3 Å². The Labute approximate surface area is 178 Å². The van der Waals surface area contributed by atoms with Gasteiger partial charge in [0.2, 0.25) is 11.8 Å². The molecule has 0 saturated carbocycles. The number of thiazole rings is 1. The molecule has 0 spiro atoms. The maximum Gasteiger partial charge on any atom is 0.227 e. The van der Waals surface area contributed by atoms with E-state index in [1.807, 2.05) is 36.9 Å². The zero-order valence-corrected chi connectivity index (χ0v) is 18.0. The van der Waals surface area contributed by atoms with Crippen molar-refractivity contribution in [2.24, 2.45) is 0 Å². The van der Waals surface area contributed by atoms with Gasteiger partial charge >= 0.3 is 0 Å². The van der Waals surface area contributed by atoms with Crippen LogP contribution in [0.15, 0.2) is 22.7 Å². The van der Waals surface area contributed by atoms with Crippen molar-refractivity contribution < 1.29 is 14.1 Å². The first-order valence-corrected chi connectivity index (χ1v) is 10.7. The zero-order chi connectivity index (χ0) is 21.1. The highest BCUT2D eigenvalue weighted by atomic mass is 32.1. The topological polar surface area (TPSA) is 106 Å². The monoisotopic (exact) mass is 428 g/mol. The third-order valence-electron chi connectivity index (χ3n) is 4.91. The minimum atomic E-state index is -0.269. The number of hydrogen-bond donors (Lipinski definition) is 1. The number of carbonyl (C=O) groups excluding carboxylic acids is 1. The molecule has 30 heavy (non-hydrogen) atoms. The molecular weight excluding hydrogens is 404 g/mol. The maximum absolute atomic E-state index is 12.6. The molecule has 4 heterocycles. The summed E-state index contributed by atoms with van der Waals surface area (Å²) in [5, 5.41) is 7.82. The molecule has 1 atom stereocenters. The standard InChI is InChI=1S/C20H24N6O3S/c1-12-13(2)30-20(21-12)24-17-6-4-5-15(23-17)16-11-26(9-10-28-16)19(27)8-7-18-22-14(3)25-29-18/h4-6,16H,7-11H2,1-3H3,(H,21,23,24)/t16-/m1/s1. The summed E-state index contributed by atoms with van der Waals surface area (Å²) >= 11 is 1.60. The molecule has 1 aliphatic rings. The van der Waals surface area contributed by atoms with Crippen LogP contribution in [0.2, 0.25) is 0 Å². The summed E-state index contributed by atoms with van der Waals surface area (Å²) in [6.45, 7) is 7.29. The van der Waals surface area contributed by atoms with E-state index < -0.39 is 0 Å². The maximum atomic E-state index is 12.6. The number of hydrogen-bond acceptors (Lipinski definition) is 9. The predicted octanol–water partition coefficient (Wildman–Crippen LogP) is 3.12. The molecule has 1 N–H and O–H groups in total. The van der Waals surface area contributed by atoms with E-state index in [1.165, 1.54) is 4.88 Å². The molecule has 1 aliphatic heterocycles. The number of ether oxygens (including phenoxy) is 1. The highest BCUT2D eigenvalue weighted by molar-refractivity contribution is 7.15. The van der Waals surface area contributed by atoms with Crippen molar-refractivity contribution in [3.63, 3.8) is 0 Å². The van der Waals surface area contributed by atoms with Crippen molar-refractivity contribution in [2.75, 3.05) is 25.0 Å². The van der Waals surface area contributed by atoms with Gasteiger partial charge in [0.05, 0.1) is 24.5 Å². The van der Waals surface area contributed by atoms with Crippen molar-refractivity contribution in [1.29, 1.82) is 0 Å². The summed E-state index contributed by atoms with van der Waals surface area (Å²) in [5.74, 6) is 1.81. The highest BCUT2D eigenvalue weighted by Crippen LogP contribution is 2.26. The molecule has 1 fully saturated rings. The van der Waals surface area contributed by atoms with Crippen LogP contribution < -0.4 is 5.32 Å². The van der Waals surface area contributed by atoms with Crippen LogP contribution in [0.4, 0.5) is 10.9 Å². The van der Waals surface area contributed by atoms with Gasteiger partial charge in [-0.1, -0.05) is 11.2 Å². The Morgan fingerprint density at radius 2 is 2.13 bits per heavy atom. The summed E-state index contributed by atoms with van der Waals surface area (Å²) in [5.41, 5.74) is 1.80.